The Bertz CT molecular complexity index is 337. The summed E-state index contributed by atoms with van der Waals surface area (Å²) in [4.78, 5) is 0. The highest BCUT2D eigenvalue weighted by molar-refractivity contribution is 6.19. The average molecular weight is 204 g/mol. The number of benzene rings is 1. The van der Waals surface area contributed by atoms with E-state index in [-0.39, 0.29) is 6.79 Å². The van der Waals surface area contributed by atoms with Gasteiger partial charge < -0.3 is 14.2 Å². The second-order valence-corrected chi connectivity index (χ2v) is 2.82. The Hall–Kier alpha value is -1.42. The monoisotopic (exact) mass is 204 g/mol. The molecule has 78 valence electrons. The van der Waals surface area contributed by atoms with Gasteiger partial charge in [-0.3, -0.25) is 0 Å². The van der Waals surface area contributed by atoms with Crippen LogP contribution in [-0.4, -0.2) is 28.9 Å². The van der Waals surface area contributed by atoms with Gasteiger partial charge in [-0.15, -0.1) is 5.98 Å². The molecule has 2 radical (unpaired) electrons. The van der Waals surface area contributed by atoms with Crippen molar-refractivity contribution >= 4 is 13.9 Å². The molecule has 3 nitrogen and oxygen atoms in total. The van der Waals surface area contributed by atoms with Gasteiger partial charge in [-0.2, -0.15) is 0 Å². The number of methoxy groups -OCH3 is 2. The molecule has 0 spiro atoms. The molecule has 0 heterocycles. The first kappa shape index (κ1) is 11.7. The molecule has 15 heavy (non-hydrogen) atoms. The topological polar surface area (TPSA) is 27.7 Å². The fraction of sp³-hybridized carbons (Fsp3) is 0.273. The predicted molar refractivity (Wildman–Crippen MR) is 60.3 cm³/mol. The van der Waals surface area contributed by atoms with Gasteiger partial charge in [-0.05, 0) is 17.7 Å². The van der Waals surface area contributed by atoms with Crippen LogP contribution in [0.4, 0.5) is 0 Å². The van der Waals surface area contributed by atoms with E-state index in [2.05, 4.69) is 0 Å². The summed E-state index contributed by atoms with van der Waals surface area (Å²) in [7, 11) is 8.45. The molecule has 0 saturated carbocycles. The zero-order valence-electron chi connectivity index (χ0n) is 8.90. The van der Waals surface area contributed by atoms with Crippen LogP contribution in [0, 0.1) is 0 Å². The van der Waals surface area contributed by atoms with Gasteiger partial charge >= 0.3 is 0 Å². The lowest BCUT2D eigenvalue weighted by Crippen LogP contribution is -2.00. The standard InChI is InChI=1S/C11H13BO3/c1-13-8-15-10-4-3-9(5-6-12)7-11(10)14-2/h3-7H,8H2,1-2H3/b6-5+. The number of hydrogen-bond acceptors (Lipinski definition) is 3. The minimum absolute atomic E-state index is 0.197. The molecular formula is C11H13BO3. The minimum atomic E-state index is 0.197. The smallest absolute Gasteiger partial charge is 0.188 e. The summed E-state index contributed by atoms with van der Waals surface area (Å²) in [5, 5.41) is 0. The van der Waals surface area contributed by atoms with Crippen molar-refractivity contribution in [3.05, 3.63) is 29.7 Å². The molecule has 0 aromatic heterocycles. The summed E-state index contributed by atoms with van der Waals surface area (Å²) in [5.74, 6) is 2.78. The molecule has 1 aromatic carbocycles. The molecule has 1 rings (SSSR count). The molecule has 0 unspecified atom stereocenters. The van der Waals surface area contributed by atoms with Crippen molar-refractivity contribution in [3.63, 3.8) is 0 Å². The first-order chi connectivity index (χ1) is 7.31. The molecule has 0 aliphatic heterocycles. The van der Waals surface area contributed by atoms with Gasteiger partial charge in [0.15, 0.2) is 18.3 Å². The third-order valence-corrected chi connectivity index (χ3v) is 1.81. The Labute approximate surface area is 91.1 Å². The van der Waals surface area contributed by atoms with Crippen molar-refractivity contribution < 1.29 is 14.2 Å². The predicted octanol–water partition coefficient (Wildman–Crippen LogP) is 1.82. The molecular weight excluding hydrogens is 191 g/mol. The highest BCUT2D eigenvalue weighted by atomic mass is 16.7. The van der Waals surface area contributed by atoms with E-state index in [0.717, 1.165) is 5.56 Å². The maximum absolute atomic E-state index is 5.31. The molecule has 0 bridgehead atoms. The first-order valence-electron chi connectivity index (χ1n) is 4.50. The quantitative estimate of drug-likeness (QED) is 0.540. The lowest BCUT2D eigenvalue weighted by Gasteiger charge is -2.10. The van der Waals surface area contributed by atoms with Crippen LogP contribution in [0.2, 0.25) is 0 Å². The Morgan fingerprint density at radius 2 is 2.07 bits per heavy atom. The van der Waals surface area contributed by atoms with E-state index in [4.69, 9.17) is 22.1 Å². The van der Waals surface area contributed by atoms with E-state index < -0.39 is 0 Å². The zero-order valence-corrected chi connectivity index (χ0v) is 8.90. The summed E-state index contributed by atoms with van der Waals surface area (Å²) in [6, 6.07) is 5.54. The molecule has 0 saturated heterocycles. The van der Waals surface area contributed by atoms with Gasteiger partial charge in [0.1, 0.15) is 7.85 Å². The van der Waals surface area contributed by atoms with E-state index >= 15 is 0 Å². The number of ether oxygens (including phenoxy) is 3. The highest BCUT2D eigenvalue weighted by Gasteiger charge is 2.03. The minimum Gasteiger partial charge on any atom is -0.493 e. The van der Waals surface area contributed by atoms with Gasteiger partial charge in [0.25, 0.3) is 0 Å². The largest absolute Gasteiger partial charge is 0.493 e. The fourth-order valence-electron chi connectivity index (χ4n) is 1.14. The lowest BCUT2D eigenvalue weighted by atomic mass is 10.1. The Kier molecular flexibility index (Phi) is 4.77. The third-order valence-electron chi connectivity index (χ3n) is 1.81. The number of hydrogen-bond donors (Lipinski definition) is 0. The van der Waals surface area contributed by atoms with Crippen LogP contribution in [0.5, 0.6) is 11.5 Å². The molecule has 0 aliphatic carbocycles. The maximum atomic E-state index is 5.31. The fourth-order valence-corrected chi connectivity index (χ4v) is 1.14. The third kappa shape index (κ3) is 3.33. The van der Waals surface area contributed by atoms with Crippen LogP contribution in [0.1, 0.15) is 5.56 Å². The van der Waals surface area contributed by atoms with Crippen LogP contribution in [0.25, 0.3) is 6.08 Å². The summed E-state index contributed by atoms with van der Waals surface area (Å²) >= 11 is 0. The maximum Gasteiger partial charge on any atom is 0.188 e. The van der Waals surface area contributed by atoms with Crippen LogP contribution >= 0.6 is 0 Å². The lowest BCUT2D eigenvalue weighted by molar-refractivity contribution is 0.0491. The molecule has 0 atom stereocenters. The SMILES string of the molecule is [B]/C=C/c1ccc(OCOC)c(OC)c1. The van der Waals surface area contributed by atoms with Crippen molar-refractivity contribution in [2.75, 3.05) is 21.0 Å². The van der Waals surface area contributed by atoms with Crippen LogP contribution < -0.4 is 9.47 Å². The highest BCUT2D eigenvalue weighted by Crippen LogP contribution is 2.28. The molecule has 0 aliphatic rings. The van der Waals surface area contributed by atoms with E-state index in [9.17, 15) is 0 Å². The van der Waals surface area contributed by atoms with Gasteiger partial charge in [-0.1, -0.05) is 12.1 Å². The Morgan fingerprint density at radius 1 is 1.27 bits per heavy atom. The Morgan fingerprint density at radius 3 is 2.67 bits per heavy atom. The van der Waals surface area contributed by atoms with Gasteiger partial charge in [0.2, 0.25) is 0 Å². The second-order valence-electron chi connectivity index (χ2n) is 2.82. The van der Waals surface area contributed by atoms with E-state index in [0.29, 0.717) is 11.5 Å². The van der Waals surface area contributed by atoms with Crippen molar-refractivity contribution in [3.8, 4) is 11.5 Å². The average Bonchev–Trinajstić information content (AvgIpc) is 2.27. The van der Waals surface area contributed by atoms with Crippen molar-refractivity contribution in [1.29, 1.82) is 0 Å². The van der Waals surface area contributed by atoms with Gasteiger partial charge in [0.05, 0.1) is 7.11 Å². The van der Waals surface area contributed by atoms with E-state index in [1.807, 2.05) is 18.2 Å². The summed E-state index contributed by atoms with van der Waals surface area (Å²) in [6.45, 7) is 0.197. The first-order valence-corrected chi connectivity index (χ1v) is 4.50. The molecule has 4 heteroatoms. The second kappa shape index (κ2) is 6.14. The zero-order chi connectivity index (χ0) is 11.1. The molecule has 0 amide bonds. The Balaban J connectivity index is 2.88. The summed E-state index contributed by atoms with van der Waals surface area (Å²) in [6.07, 6.45) is 1.78. The molecule has 1 aromatic rings. The molecule has 0 fully saturated rings. The van der Waals surface area contributed by atoms with Crippen molar-refractivity contribution in [1.82, 2.24) is 0 Å². The van der Waals surface area contributed by atoms with Gasteiger partial charge in [-0.25, -0.2) is 0 Å². The van der Waals surface area contributed by atoms with Crippen molar-refractivity contribution in [2.45, 2.75) is 0 Å². The number of rotatable bonds is 5. The van der Waals surface area contributed by atoms with Gasteiger partial charge in [0, 0.05) is 7.11 Å². The van der Waals surface area contributed by atoms with Crippen LogP contribution in [0.15, 0.2) is 24.2 Å². The van der Waals surface area contributed by atoms with Crippen LogP contribution in [-0.2, 0) is 4.74 Å². The van der Waals surface area contributed by atoms with Crippen LogP contribution in [0.3, 0.4) is 0 Å². The van der Waals surface area contributed by atoms with E-state index in [1.54, 1.807) is 20.3 Å². The normalized spacial score (nSPS) is 10.5. The summed E-state index contributed by atoms with van der Waals surface area (Å²) < 4.78 is 15.3. The molecule has 0 N–H and O–H groups in total. The van der Waals surface area contributed by atoms with E-state index in [1.165, 1.54) is 5.98 Å². The van der Waals surface area contributed by atoms with Crippen molar-refractivity contribution in [2.24, 2.45) is 0 Å². The summed E-state index contributed by atoms with van der Waals surface area (Å²) in [5.41, 5.74) is 0.958.